The number of thioether (sulfide) groups is 1. The first kappa shape index (κ1) is 38.1. The Kier molecular flexibility index (Phi) is 14.3. The molecule has 0 saturated carbocycles. The van der Waals surface area contributed by atoms with Gasteiger partial charge in [0.05, 0.1) is 24.1 Å². The molecule has 270 valence electrons. The van der Waals surface area contributed by atoms with Gasteiger partial charge in [0.2, 0.25) is 5.91 Å². The smallest absolute Gasteiger partial charge is 0.342 e. The first-order valence-electron chi connectivity index (χ1n) is 16.2. The van der Waals surface area contributed by atoms with Crippen LogP contribution < -0.4 is 5.32 Å². The number of rotatable bonds is 8. The molecular weight excluding hydrogens is 662 g/mol. The number of likely N-dealkylation sites (tertiary alicyclic amines) is 1. The number of hydrogen-bond acceptors (Lipinski definition) is 14. The minimum absolute atomic E-state index is 0.0855. The van der Waals surface area contributed by atoms with Crippen molar-refractivity contribution in [3.8, 4) is 11.5 Å². The van der Waals surface area contributed by atoms with Crippen molar-refractivity contribution in [1.29, 1.82) is 0 Å². The molecule has 0 bridgehead atoms. The number of benzene rings is 1. The van der Waals surface area contributed by atoms with E-state index in [9.17, 15) is 45.0 Å². The quantitative estimate of drug-likeness (QED) is 0.111. The van der Waals surface area contributed by atoms with Gasteiger partial charge in [-0.1, -0.05) is 23.4 Å². The monoisotopic (exact) mass is 707 g/mol. The van der Waals surface area contributed by atoms with E-state index in [2.05, 4.69) is 10.5 Å². The number of phenols is 2. The highest BCUT2D eigenvalue weighted by molar-refractivity contribution is 8.00. The van der Waals surface area contributed by atoms with Crippen molar-refractivity contribution in [2.45, 2.75) is 87.4 Å². The molecule has 1 aromatic rings. The number of phenolic OH excluding ortho intramolecular Hbond substituents is 2. The van der Waals surface area contributed by atoms with Crippen molar-refractivity contribution < 1.29 is 59.3 Å². The Morgan fingerprint density at radius 1 is 1.06 bits per heavy atom. The SMILES string of the molecule is C[C@@H]1C/C=C/[C@H](NC(=O)CS[C@@H]2OC(CO)[C@@H](O)[C@H](O)C2O)C/C=C/C(=NOCC(=O)N2CCCCC2)Cc2cc(O)cc(O)c2C(=O)O1. The van der Waals surface area contributed by atoms with Gasteiger partial charge in [-0.3, -0.25) is 9.59 Å². The third-order valence-electron chi connectivity index (χ3n) is 8.26. The summed E-state index contributed by atoms with van der Waals surface area (Å²) in [6.07, 6.45) is 3.85. The predicted octanol–water partition coefficient (Wildman–Crippen LogP) is 0.495. The summed E-state index contributed by atoms with van der Waals surface area (Å²) in [6, 6.07) is 1.80. The molecule has 2 fully saturated rings. The summed E-state index contributed by atoms with van der Waals surface area (Å²) in [5.41, 5.74) is -0.744. The van der Waals surface area contributed by atoms with Crippen LogP contribution >= 0.6 is 11.8 Å². The highest BCUT2D eigenvalue weighted by Crippen LogP contribution is 2.30. The Bertz CT molecular complexity index is 1400. The maximum absolute atomic E-state index is 13.2. The van der Waals surface area contributed by atoms with Gasteiger partial charge in [0.25, 0.3) is 5.91 Å². The number of piperidine rings is 1. The number of nitrogens with one attached hydrogen (secondary N) is 1. The number of esters is 1. The summed E-state index contributed by atoms with van der Waals surface area (Å²) >= 11 is 0.900. The zero-order valence-corrected chi connectivity index (χ0v) is 28.0. The number of aliphatic hydroxyl groups is 4. The molecule has 7 atom stereocenters. The van der Waals surface area contributed by atoms with Gasteiger partial charge in [0.15, 0.2) is 6.61 Å². The normalized spacial score (nSPS) is 30.4. The second kappa shape index (κ2) is 18.4. The van der Waals surface area contributed by atoms with Gasteiger partial charge in [-0.2, -0.15) is 0 Å². The standard InChI is InChI=1S/C33H45N3O12S/c1-19-7-5-8-21(34-26(40)18-49-33-31(44)30(43)29(42)25(16-37)48-33)9-6-10-22(35-46-17-27(41)36-11-3-2-4-12-36)13-20-14-23(38)15-24(39)28(20)32(45)47-19/h5-6,8,10,14-15,19,21,25,29-31,33,37-39,42-44H,2-4,7,9,11-13,16-18H2,1H3,(H,34,40)/b8-5+,10-6+,35-22?/t19-,21+,25?,29-,30+,31?,33+/m1/s1. The van der Waals surface area contributed by atoms with Crippen molar-refractivity contribution in [1.82, 2.24) is 10.2 Å². The van der Waals surface area contributed by atoms with Crippen molar-refractivity contribution in [3.63, 3.8) is 0 Å². The van der Waals surface area contributed by atoms with Gasteiger partial charge in [-0.15, -0.1) is 11.8 Å². The Balaban J connectivity index is 1.50. The lowest BCUT2D eigenvalue weighted by molar-refractivity contribution is -0.205. The lowest BCUT2D eigenvalue weighted by atomic mass is 9.99. The number of aliphatic hydroxyl groups excluding tert-OH is 4. The van der Waals surface area contributed by atoms with Crippen molar-refractivity contribution in [3.05, 3.63) is 47.6 Å². The third-order valence-corrected chi connectivity index (χ3v) is 9.40. The summed E-state index contributed by atoms with van der Waals surface area (Å²) in [4.78, 5) is 45.9. The average molecular weight is 708 g/mol. The number of oxime groups is 1. The van der Waals surface area contributed by atoms with Crippen molar-refractivity contribution in [2.75, 3.05) is 32.1 Å². The van der Waals surface area contributed by atoms with Gasteiger partial charge in [0, 0.05) is 32.0 Å². The first-order chi connectivity index (χ1) is 23.5. The van der Waals surface area contributed by atoms with Crippen LogP contribution in [0.25, 0.3) is 0 Å². The topological polar surface area (TPSA) is 228 Å². The van der Waals surface area contributed by atoms with Crippen LogP contribution in [0.4, 0.5) is 0 Å². The highest BCUT2D eigenvalue weighted by atomic mass is 32.2. The molecule has 2 unspecified atom stereocenters. The van der Waals surface area contributed by atoms with Gasteiger partial charge in [-0.25, -0.2) is 4.79 Å². The summed E-state index contributed by atoms with van der Waals surface area (Å²) in [6.45, 7) is 2.07. The molecule has 7 N–H and O–H groups in total. The van der Waals surface area contributed by atoms with E-state index in [-0.39, 0.29) is 60.1 Å². The molecule has 2 saturated heterocycles. The fraction of sp³-hybridized carbons (Fsp3) is 0.576. The van der Waals surface area contributed by atoms with Crippen LogP contribution in [-0.4, -0.2) is 133 Å². The molecule has 0 aliphatic carbocycles. The zero-order chi connectivity index (χ0) is 35.5. The van der Waals surface area contributed by atoms with Crippen LogP contribution in [0.5, 0.6) is 11.5 Å². The van der Waals surface area contributed by atoms with E-state index in [0.29, 0.717) is 13.1 Å². The molecule has 4 rings (SSSR count). The van der Waals surface area contributed by atoms with E-state index in [1.165, 1.54) is 6.07 Å². The lowest BCUT2D eigenvalue weighted by Gasteiger charge is -2.39. The van der Waals surface area contributed by atoms with Gasteiger partial charge in [-0.05, 0) is 50.3 Å². The van der Waals surface area contributed by atoms with Crippen molar-refractivity contribution >= 4 is 35.3 Å². The second-order valence-corrected chi connectivity index (χ2v) is 13.3. The molecule has 0 spiro atoms. The second-order valence-electron chi connectivity index (χ2n) is 12.2. The number of cyclic esters (lactones) is 1. The minimum atomic E-state index is -1.56. The number of carbonyl (C=O) groups excluding carboxylic acids is 3. The maximum Gasteiger partial charge on any atom is 0.342 e. The molecule has 3 aliphatic heterocycles. The van der Waals surface area contributed by atoms with E-state index in [4.69, 9.17) is 14.3 Å². The van der Waals surface area contributed by atoms with E-state index >= 15 is 0 Å². The molecule has 0 radical (unpaired) electrons. The Morgan fingerprint density at radius 3 is 2.55 bits per heavy atom. The van der Waals surface area contributed by atoms with Crippen LogP contribution in [0.1, 0.15) is 54.9 Å². The highest BCUT2D eigenvalue weighted by Gasteiger charge is 2.43. The van der Waals surface area contributed by atoms with E-state index in [0.717, 1.165) is 37.1 Å². The van der Waals surface area contributed by atoms with Gasteiger partial charge >= 0.3 is 5.97 Å². The van der Waals surface area contributed by atoms with Crippen LogP contribution in [0, 0.1) is 0 Å². The van der Waals surface area contributed by atoms with Crippen molar-refractivity contribution in [2.24, 2.45) is 5.16 Å². The number of aromatic hydroxyl groups is 2. The summed E-state index contributed by atoms with van der Waals surface area (Å²) < 4.78 is 11.0. The minimum Gasteiger partial charge on any atom is -0.508 e. The molecule has 15 nitrogen and oxygen atoms in total. The van der Waals surface area contributed by atoms with Gasteiger partial charge < -0.3 is 55.2 Å². The predicted molar refractivity (Wildman–Crippen MR) is 178 cm³/mol. The summed E-state index contributed by atoms with van der Waals surface area (Å²) in [7, 11) is 0. The third kappa shape index (κ3) is 10.9. The lowest BCUT2D eigenvalue weighted by Crippen LogP contribution is -2.57. The first-order valence-corrected chi connectivity index (χ1v) is 17.3. The number of ether oxygens (including phenoxy) is 2. The summed E-state index contributed by atoms with van der Waals surface area (Å²) in [5.74, 6) is -2.39. The molecular formula is C33H45N3O12S. The van der Waals surface area contributed by atoms with Crippen LogP contribution in [0.15, 0.2) is 41.6 Å². The van der Waals surface area contributed by atoms with E-state index in [1.807, 2.05) is 0 Å². The van der Waals surface area contributed by atoms with Gasteiger partial charge in [0.1, 0.15) is 53.0 Å². The fourth-order valence-electron chi connectivity index (χ4n) is 5.64. The molecule has 49 heavy (non-hydrogen) atoms. The maximum atomic E-state index is 13.2. The van der Waals surface area contributed by atoms with E-state index < -0.39 is 66.2 Å². The number of hydrogen-bond donors (Lipinski definition) is 7. The number of allylic oxidation sites excluding steroid dienone is 1. The molecule has 16 heteroatoms. The Morgan fingerprint density at radius 2 is 1.82 bits per heavy atom. The van der Waals surface area contributed by atoms with Crippen LogP contribution in [0.2, 0.25) is 0 Å². The number of fused-ring (bicyclic) bond motifs is 1. The zero-order valence-electron chi connectivity index (χ0n) is 27.2. The number of amides is 2. The largest absolute Gasteiger partial charge is 0.508 e. The number of nitrogens with zero attached hydrogens (tertiary/aromatic N) is 2. The Hall–Kier alpha value is -3.67. The molecule has 0 aromatic heterocycles. The number of carbonyl (C=O) groups is 3. The molecule has 1 aromatic carbocycles. The molecule has 3 aliphatic rings. The Labute approximate surface area is 288 Å². The van der Waals surface area contributed by atoms with Crippen LogP contribution in [0.3, 0.4) is 0 Å². The van der Waals surface area contributed by atoms with Crippen LogP contribution in [-0.2, 0) is 30.3 Å². The average Bonchev–Trinajstić information content (AvgIpc) is 3.06. The molecule has 3 heterocycles. The van der Waals surface area contributed by atoms with E-state index in [1.54, 1.807) is 36.1 Å². The fourth-order valence-corrected chi connectivity index (χ4v) is 6.62. The molecule has 2 amide bonds. The summed E-state index contributed by atoms with van der Waals surface area (Å²) in [5, 5.41) is 67.6.